The molecular weight excluding hydrogens is 311 g/mol. The van der Waals surface area contributed by atoms with Crippen LogP contribution >= 0.6 is 11.3 Å². The second kappa shape index (κ2) is 6.39. The van der Waals surface area contributed by atoms with Crippen LogP contribution in [-0.4, -0.2) is 34.1 Å². The van der Waals surface area contributed by atoms with E-state index >= 15 is 0 Å². The number of hydrogen-bond acceptors (Lipinski definition) is 5. The maximum Gasteiger partial charge on any atom is 0.434 e. The number of amides is 2. The molecule has 1 heterocycles. The van der Waals surface area contributed by atoms with Gasteiger partial charge < -0.3 is 10.4 Å². The first-order valence-corrected chi connectivity index (χ1v) is 6.77. The summed E-state index contributed by atoms with van der Waals surface area (Å²) < 4.78 is 36.9. The smallest absolute Gasteiger partial charge is 0.388 e. The monoisotopic (exact) mass is 325 g/mol. The fourth-order valence-electron chi connectivity index (χ4n) is 1.09. The van der Waals surface area contributed by atoms with Crippen molar-refractivity contribution >= 4 is 28.3 Å². The van der Waals surface area contributed by atoms with Crippen LogP contribution in [0.4, 0.5) is 18.3 Å². The van der Waals surface area contributed by atoms with Crippen molar-refractivity contribution in [2.45, 2.75) is 32.0 Å². The van der Waals surface area contributed by atoms with Gasteiger partial charge in [0.2, 0.25) is 0 Å². The third-order valence-corrected chi connectivity index (χ3v) is 3.37. The van der Waals surface area contributed by atoms with Crippen LogP contribution in [0.15, 0.2) is 5.38 Å². The van der Waals surface area contributed by atoms with Crippen LogP contribution in [-0.2, 0) is 15.8 Å². The van der Waals surface area contributed by atoms with Crippen LogP contribution in [0.25, 0.3) is 0 Å². The molecule has 0 radical (unpaired) electrons. The van der Waals surface area contributed by atoms with Crippen LogP contribution in [0.2, 0.25) is 0 Å². The second-order valence-electron chi connectivity index (χ2n) is 4.52. The summed E-state index contributed by atoms with van der Waals surface area (Å²) in [7, 11) is 0. The quantitative estimate of drug-likeness (QED) is 0.729. The lowest BCUT2D eigenvalue weighted by Gasteiger charge is -2.21. The molecule has 0 unspecified atom stereocenters. The number of thiazole rings is 1. The summed E-state index contributed by atoms with van der Waals surface area (Å²) in [4.78, 5) is 26.1. The molecule has 1 aromatic rings. The van der Waals surface area contributed by atoms with Crippen molar-refractivity contribution in [3.8, 4) is 0 Å². The van der Waals surface area contributed by atoms with Gasteiger partial charge in [-0.3, -0.25) is 14.9 Å². The molecule has 6 nitrogen and oxygen atoms in total. The molecule has 118 valence electrons. The lowest BCUT2D eigenvalue weighted by Crippen LogP contribution is -2.44. The van der Waals surface area contributed by atoms with Crippen molar-refractivity contribution in [3.05, 3.63) is 11.1 Å². The third-order valence-electron chi connectivity index (χ3n) is 2.61. The van der Waals surface area contributed by atoms with Gasteiger partial charge in [-0.1, -0.05) is 6.92 Å². The highest BCUT2D eigenvalue weighted by Gasteiger charge is 2.34. The number of rotatable bonds is 4. The summed E-state index contributed by atoms with van der Waals surface area (Å²) in [6.45, 7) is 3.02. The minimum Gasteiger partial charge on any atom is -0.388 e. The van der Waals surface area contributed by atoms with Gasteiger partial charge in [0.15, 0.2) is 10.8 Å². The molecule has 21 heavy (non-hydrogen) atoms. The average molecular weight is 325 g/mol. The molecule has 0 aliphatic heterocycles. The van der Waals surface area contributed by atoms with Crippen LogP contribution in [0.1, 0.15) is 26.0 Å². The molecule has 1 aromatic heterocycles. The number of carbonyl (C=O) groups excluding carboxylic acids is 2. The van der Waals surface area contributed by atoms with E-state index in [2.05, 4.69) is 10.3 Å². The first-order valence-electron chi connectivity index (χ1n) is 5.89. The Balaban J connectivity index is 2.57. The number of carbonyl (C=O) groups is 2. The van der Waals surface area contributed by atoms with Gasteiger partial charge in [-0.2, -0.15) is 13.2 Å². The van der Waals surface area contributed by atoms with Crippen molar-refractivity contribution in [2.24, 2.45) is 0 Å². The van der Waals surface area contributed by atoms with Crippen molar-refractivity contribution < 1.29 is 27.9 Å². The van der Waals surface area contributed by atoms with Crippen LogP contribution in [0.3, 0.4) is 0 Å². The molecule has 0 spiro atoms. The van der Waals surface area contributed by atoms with E-state index in [0.29, 0.717) is 17.8 Å². The molecule has 0 aliphatic carbocycles. The van der Waals surface area contributed by atoms with Gasteiger partial charge in [-0.15, -0.1) is 11.3 Å². The molecule has 0 fully saturated rings. The number of nitrogens with zero attached hydrogens (tertiary/aromatic N) is 1. The van der Waals surface area contributed by atoms with E-state index in [4.69, 9.17) is 0 Å². The predicted molar refractivity (Wildman–Crippen MR) is 69.7 cm³/mol. The van der Waals surface area contributed by atoms with Crippen molar-refractivity contribution in [1.29, 1.82) is 0 Å². The fourth-order valence-corrected chi connectivity index (χ4v) is 1.80. The van der Waals surface area contributed by atoms with Gasteiger partial charge in [0.1, 0.15) is 0 Å². The summed E-state index contributed by atoms with van der Waals surface area (Å²) in [6.07, 6.45) is -4.25. The zero-order chi connectivity index (χ0) is 16.3. The molecular formula is C11H14F3N3O3S. The fraction of sp³-hybridized carbons (Fsp3) is 0.545. The van der Waals surface area contributed by atoms with E-state index in [9.17, 15) is 27.9 Å². The van der Waals surface area contributed by atoms with Gasteiger partial charge in [-0.25, -0.2) is 4.98 Å². The first-order chi connectivity index (χ1) is 9.55. The molecule has 1 rings (SSSR count). The second-order valence-corrected chi connectivity index (χ2v) is 5.38. The number of aromatic nitrogens is 1. The minimum atomic E-state index is -4.61. The van der Waals surface area contributed by atoms with Crippen molar-refractivity contribution in [1.82, 2.24) is 10.3 Å². The Hall–Kier alpha value is -1.68. The lowest BCUT2D eigenvalue weighted by atomic mass is 10.0. The molecule has 1 atom stereocenters. The Labute approximate surface area is 122 Å². The third kappa shape index (κ3) is 5.31. The summed E-state index contributed by atoms with van der Waals surface area (Å²) >= 11 is 0.558. The zero-order valence-corrected chi connectivity index (χ0v) is 12.1. The normalized spacial score (nSPS) is 14.4. The number of alkyl halides is 3. The summed E-state index contributed by atoms with van der Waals surface area (Å²) in [5.41, 5.74) is -2.31. The van der Waals surface area contributed by atoms with E-state index in [0.717, 1.165) is 5.38 Å². The first kappa shape index (κ1) is 17.4. The maximum atomic E-state index is 12.3. The summed E-state index contributed by atoms with van der Waals surface area (Å²) in [5.74, 6) is -2.21. The van der Waals surface area contributed by atoms with E-state index in [-0.39, 0.29) is 11.7 Å². The predicted octanol–water partition coefficient (Wildman–Crippen LogP) is 1.38. The Morgan fingerprint density at radius 1 is 1.38 bits per heavy atom. The molecule has 3 N–H and O–H groups in total. The number of anilines is 1. The number of nitrogens with one attached hydrogen (secondary N) is 2. The standard InChI is InChI=1S/C11H14F3N3O3S/c1-3-10(2,20)5-15-7(18)8(19)17-9-16-6(4-21-9)11(12,13)14/h4,20H,3,5H2,1-2H3,(H,15,18)(H,16,17,19)/t10-/m1/s1. The molecule has 0 bridgehead atoms. The maximum absolute atomic E-state index is 12.3. The summed E-state index contributed by atoms with van der Waals surface area (Å²) in [6, 6.07) is 0. The molecule has 0 saturated carbocycles. The number of hydrogen-bond donors (Lipinski definition) is 3. The molecule has 0 aliphatic rings. The van der Waals surface area contributed by atoms with Crippen LogP contribution < -0.4 is 10.6 Å². The van der Waals surface area contributed by atoms with Crippen LogP contribution in [0, 0.1) is 0 Å². The zero-order valence-electron chi connectivity index (χ0n) is 11.2. The molecule has 2 amide bonds. The minimum absolute atomic E-state index is 0.151. The number of aliphatic hydroxyl groups is 1. The van der Waals surface area contributed by atoms with Crippen molar-refractivity contribution in [2.75, 3.05) is 11.9 Å². The van der Waals surface area contributed by atoms with E-state index in [1.54, 1.807) is 6.92 Å². The Kier molecular flexibility index (Phi) is 5.29. The highest BCUT2D eigenvalue weighted by atomic mass is 32.1. The summed E-state index contributed by atoms with van der Waals surface area (Å²) in [5, 5.41) is 14.2. The van der Waals surface area contributed by atoms with E-state index < -0.39 is 29.3 Å². The van der Waals surface area contributed by atoms with Crippen LogP contribution in [0.5, 0.6) is 0 Å². The molecule has 0 saturated heterocycles. The SMILES string of the molecule is CC[C@@](C)(O)CNC(=O)C(=O)Nc1nc(C(F)(F)F)cs1. The molecule has 0 aromatic carbocycles. The van der Waals surface area contributed by atoms with Gasteiger partial charge >= 0.3 is 18.0 Å². The highest BCUT2D eigenvalue weighted by Crippen LogP contribution is 2.31. The van der Waals surface area contributed by atoms with Crippen molar-refractivity contribution in [3.63, 3.8) is 0 Å². The number of halogens is 3. The van der Waals surface area contributed by atoms with Gasteiger partial charge in [0, 0.05) is 11.9 Å². The van der Waals surface area contributed by atoms with Gasteiger partial charge in [-0.05, 0) is 13.3 Å². The average Bonchev–Trinajstić information content (AvgIpc) is 2.84. The largest absolute Gasteiger partial charge is 0.434 e. The Bertz CT molecular complexity index is 528. The Morgan fingerprint density at radius 3 is 2.48 bits per heavy atom. The highest BCUT2D eigenvalue weighted by molar-refractivity contribution is 7.14. The molecule has 10 heteroatoms. The van der Waals surface area contributed by atoms with E-state index in [1.165, 1.54) is 6.92 Å². The van der Waals surface area contributed by atoms with E-state index in [1.807, 2.05) is 5.32 Å². The topological polar surface area (TPSA) is 91.3 Å². The Morgan fingerprint density at radius 2 is 2.00 bits per heavy atom. The van der Waals surface area contributed by atoms with Gasteiger partial charge in [0.05, 0.1) is 5.60 Å². The van der Waals surface area contributed by atoms with Gasteiger partial charge in [0.25, 0.3) is 0 Å². The lowest BCUT2D eigenvalue weighted by molar-refractivity contribution is -0.140.